The Morgan fingerprint density at radius 2 is 1.95 bits per heavy atom. The number of nitrogens with zero attached hydrogens (tertiary/aromatic N) is 1. The van der Waals surface area contributed by atoms with Gasteiger partial charge in [0.15, 0.2) is 0 Å². The number of hydrogen-bond acceptors (Lipinski definition) is 3. The smallest absolute Gasteiger partial charge is 0.228 e. The lowest BCUT2D eigenvalue weighted by molar-refractivity contribution is -0.120. The van der Waals surface area contributed by atoms with Gasteiger partial charge >= 0.3 is 0 Å². The first-order valence-corrected chi connectivity index (χ1v) is 8.54. The summed E-state index contributed by atoms with van der Waals surface area (Å²) in [6, 6.07) is 7.56. The van der Waals surface area contributed by atoms with Crippen molar-refractivity contribution < 1.29 is 13.2 Å². The number of nitrogens with one attached hydrogen (secondary N) is 1. The molecule has 1 heterocycles. The Labute approximate surface area is 120 Å². The maximum absolute atomic E-state index is 12.2. The van der Waals surface area contributed by atoms with Crippen LogP contribution in [0, 0.1) is 12.8 Å². The van der Waals surface area contributed by atoms with Gasteiger partial charge in [-0.25, -0.2) is 12.7 Å². The molecule has 2 rings (SSSR count). The third-order valence-corrected chi connectivity index (χ3v) is 4.81. The summed E-state index contributed by atoms with van der Waals surface area (Å²) in [6.07, 6.45) is 2.63. The lowest BCUT2D eigenvalue weighted by Gasteiger charge is -2.30. The van der Waals surface area contributed by atoms with E-state index in [2.05, 4.69) is 5.32 Å². The number of benzene rings is 1. The normalized spacial score (nSPS) is 20.6. The Hall–Kier alpha value is -1.40. The molecule has 0 spiro atoms. The lowest BCUT2D eigenvalue weighted by Crippen LogP contribution is -2.43. The second-order valence-electron chi connectivity index (χ2n) is 5.32. The third kappa shape index (κ3) is 3.80. The highest BCUT2D eigenvalue weighted by atomic mass is 32.2. The van der Waals surface area contributed by atoms with Crippen molar-refractivity contribution in [2.24, 2.45) is 5.92 Å². The van der Waals surface area contributed by atoms with Gasteiger partial charge in [-0.2, -0.15) is 0 Å². The van der Waals surface area contributed by atoms with Gasteiger partial charge < -0.3 is 5.32 Å². The molecule has 5 nitrogen and oxygen atoms in total. The Morgan fingerprint density at radius 1 is 1.30 bits per heavy atom. The third-order valence-electron chi connectivity index (χ3n) is 3.54. The highest BCUT2D eigenvalue weighted by Gasteiger charge is 2.30. The molecule has 1 fully saturated rings. The van der Waals surface area contributed by atoms with E-state index in [4.69, 9.17) is 0 Å². The fourth-order valence-electron chi connectivity index (χ4n) is 2.34. The van der Waals surface area contributed by atoms with E-state index in [1.807, 2.05) is 31.2 Å². The first kappa shape index (κ1) is 15.0. The summed E-state index contributed by atoms with van der Waals surface area (Å²) in [5, 5.41) is 2.85. The van der Waals surface area contributed by atoms with Crippen LogP contribution < -0.4 is 5.32 Å². The highest BCUT2D eigenvalue weighted by Crippen LogP contribution is 2.20. The molecule has 0 radical (unpaired) electrons. The van der Waals surface area contributed by atoms with Crippen molar-refractivity contribution >= 4 is 21.6 Å². The average Bonchev–Trinajstić information content (AvgIpc) is 2.40. The van der Waals surface area contributed by atoms with E-state index in [1.54, 1.807) is 0 Å². The molecule has 1 aliphatic heterocycles. The summed E-state index contributed by atoms with van der Waals surface area (Å²) in [5.74, 6) is -0.387. The van der Waals surface area contributed by atoms with E-state index in [0.717, 1.165) is 24.1 Å². The second kappa shape index (κ2) is 5.93. The number of piperidine rings is 1. The number of amides is 1. The fraction of sp³-hybridized carbons (Fsp3) is 0.500. The Morgan fingerprint density at radius 3 is 2.55 bits per heavy atom. The first-order valence-electron chi connectivity index (χ1n) is 6.69. The predicted molar refractivity (Wildman–Crippen MR) is 78.9 cm³/mol. The molecule has 0 aromatic heterocycles. The van der Waals surface area contributed by atoms with Crippen LogP contribution in [0.15, 0.2) is 24.3 Å². The summed E-state index contributed by atoms with van der Waals surface area (Å²) in [5.41, 5.74) is 1.88. The minimum Gasteiger partial charge on any atom is -0.326 e. The van der Waals surface area contributed by atoms with Crippen LogP contribution in [0.5, 0.6) is 0 Å². The molecule has 1 N–H and O–H groups in total. The maximum Gasteiger partial charge on any atom is 0.228 e. The molecule has 20 heavy (non-hydrogen) atoms. The Kier molecular flexibility index (Phi) is 4.45. The van der Waals surface area contributed by atoms with Crippen LogP contribution in [-0.2, 0) is 14.8 Å². The molecular weight excluding hydrogens is 276 g/mol. The number of hydrogen-bond donors (Lipinski definition) is 1. The van der Waals surface area contributed by atoms with E-state index < -0.39 is 10.0 Å². The van der Waals surface area contributed by atoms with Gasteiger partial charge in [-0.05, 0) is 31.9 Å². The standard InChI is InChI=1S/C14H20N2O3S/c1-11-5-7-13(8-6-11)15-14(17)12-4-3-9-16(10-12)20(2,18)19/h5-8,12H,3-4,9-10H2,1-2H3,(H,15,17). The van der Waals surface area contributed by atoms with Crippen molar-refractivity contribution in [1.82, 2.24) is 4.31 Å². The number of sulfonamides is 1. The van der Waals surface area contributed by atoms with Crippen LogP contribution in [0.4, 0.5) is 5.69 Å². The van der Waals surface area contributed by atoms with Crippen LogP contribution >= 0.6 is 0 Å². The minimum atomic E-state index is -3.22. The molecule has 1 saturated heterocycles. The van der Waals surface area contributed by atoms with Gasteiger partial charge in [-0.1, -0.05) is 17.7 Å². The van der Waals surface area contributed by atoms with Crippen LogP contribution in [0.1, 0.15) is 18.4 Å². The molecule has 0 bridgehead atoms. The van der Waals surface area contributed by atoms with Crippen molar-refractivity contribution in [3.63, 3.8) is 0 Å². The summed E-state index contributed by atoms with van der Waals surface area (Å²) >= 11 is 0. The zero-order chi connectivity index (χ0) is 14.8. The Bertz CT molecular complexity index is 581. The van der Waals surface area contributed by atoms with Crippen molar-refractivity contribution in [3.8, 4) is 0 Å². The zero-order valence-corrected chi connectivity index (χ0v) is 12.6. The monoisotopic (exact) mass is 296 g/mol. The number of carbonyl (C=O) groups excluding carboxylic acids is 1. The van der Waals surface area contributed by atoms with Crippen molar-refractivity contribution in [2.75, 3.05) is 24.7 Å². The number of anilines is 1. The molecule has 1 unspecified atom stereocenters. The van der Waals surface area contributed by atoms with E-state index in [1.165, 1.54) is 10.6 Å². The summed E-state index contributed by atoms with van der Waals surface area (Å²) in [7, 11) is -3.22. The minimum absolute atomic E-state index is 0.109. The van der Waals surface area contributed by atoms with Gasteiger partial charge in [0.1, 0.15) is 0 Å². The molecular formula is C14H20N2O3S. The first-order chi connectivity index (χ1) is 9.36. The average molecular weight is 296 g/mol. The molecule has 1 aliphatic rings. The van der Waals surface area contributed by atoms with Gasteiger partial charge in [-0.15, -0.1) is 0 Å². The molecule has 1 aromatic rings. The summed E-state index contributed by atoms with van der Waals surface area (Å²) in [6.45, 7) is 2.76. The Balaban J connectivity index is 2.00. The molecule has 6 heteroatoms. The van der Waals surface area contributed by atoms with Crippen LogP contribution in [0.3, 0.4) is 0 Å². The largest absolute Gasteiger partial charge is 0.326 e. The number of rotatable bonds is 3. The zero-order valence-electron chi connectivity index (χ0n) is 11.8. The van der Waals surface area contributed by atoms with E-state index in [0.29, 0.717) is 6.54 Å². The van der Waals surface area contributed by atoms with Crippen LogP contribution in [0.2, 0.25) is 0 Å². The highest BCUT2D eigenvalue weighted by molar-refractivity contribution is 7.88. The van der Waals surface area contributed by atoms with Gasteiger partial charge in [0, 0.05) is 18.8 Å². The maximum atomic E-state index is 12.2. The van der Waals surface area contributed by atoms with Crippen molar-refractivity contribution in [1.29, 1.82) is 0 Å². The van der Waals surface area contributed by atoms with Crippen LogP contribution in [-0.4, -0.2) is 38.0 Å². The van der Waals surface area contributed by atoms with Gasteiger partial charge in [0.2, 0.25) is 15.9 Å². The second-order valence-corrected chi connectivity index (χ2v) is 7.30. The van der Waals surface area contributed by atoms with Gasteiger partial charge in [-0.3, -0.25) is 4.79 Å². The topological polar surface area (TPSA) is 66.5 Å². The number of carbonyl (C=O) groups is 1. The molecule has 0 aliphatic carbocycles. The molecule has 1 atom stereocenters. The fourth-order valence-corrected chi connectivity index (χ4v) is 3.25. The van der Waals surface area contributed by atoms with E-state index in [9.17, 15) is 13.2 Å². The SMILES string of the molecule is Cc1ccc(NC(=O)C2CCCN(S(C)(=O)=O)C2)cc1. The molecule has 0 saturated carbocycles. The van der Waals surface area contributed by atoms with Crippen LogP contribution in [0.25, 0.3) is 0 Å². The van der Waals surface area contributed by atoms with E-state index in [-0.39, 0.29) is 18.4 Å². The van der Waals surface area contributed by atoms with Crippen molar-refractivity contribution in [2.45, 2.75) is 19.8 Å². The van der Waals surface area contributed by atoms with Crippen molar-refractivity contribution in [3.05, 3.63) is 29.8 Å². The summed E-state index contributed by atoms with van der Waals surface area (Å²) in [4.78, 5) is 12.2. The molecule has 110 valence electrons. The molecule has 1 amide bonds. The van der Waals surface area contributed by atoms with Gasteiger partial charge in [0.05, 0.1) is 12.2 Å². The van der Waals surface area contributed by atoms with Gasteiger partial charge in [0.25, 0.3) is 0 Å². The lowest BCUT2D eigenvalue weighted by atomic mass is 9.98. The van der Waals surface area contributed by atoms with E-state index >= 15 is 0 Å². The molecule has 1 aromatic carbocycles. The number of aryl methyl sites for hydroxylation is 1. The quantitative estimate of drug-likeness (QED) is 0.921. The predicted octanol–water partition coefficient (Wildman–Crippen LogP) is 1.61. The summed E-state index contributed by atoms with van der Waals surface area (Å²) < 4.78 is 24.5.